The number of nitrogens with one attached hydrogen (secondary N) is 1. The molecule has 2 heterocycles. The van der Waals surface area contributed by atoms with Crippen molar-refractivity contribution in [2.75, 3.05) is 20.2 Å². The molecule has 0 spiro atoms. The number of aromatic amines is 1. The van der Waals surface area contributed by atoms with Crippen LogP contribution in [-0.2, 0) is 13.0 Å². The van der Waals surface area contributed by atoms with Crippen LogP contribution in [0.1, 0.15) is 28.0 Å². The lowest BCUT2D eigenvalue weighted by Gasteiger charge is -2.16. The molecule has 0 amide bonds. The highest BCUT2D eigenvalue weighted by atomic mass is 16.5. The smallest absolute Gasteiger partial charge is 0.335 e. The molecule has 2 N–H and O–H groups in total. The van der Waals surface area contributed by atoms with Crippen molar-refractivity contribution in [2.45, 2.75) is 19.4 Å². The average molecular weight is 342 g/mol. The molecule has 2 aromatic rings. The van der Waals surface area contributed by atoms with Crippen LogP contribution < -0.4 is 10.2 Å². The van der Waals surface area contributed by atoms with Crippen molar-refractivity contribution < 1.29 is 14.6 Å². The summed E-state index contributed by atoms with van der Waals surface area (Å²) in [4.78, 5) is 28.3. The molecule has 25 heavy (non-hydrogen) atoms. The Kier molecular flexibility index (Phi) is 5.19. The fraction of sp³-hybridized carbons (Fsp3) is 0.368. The average Bonchev–Trinajstić information content (AvgIpc) is 3.02. The Labute approximate surface area is 146 Å². The number of likely N-dealkylation sites (tertiary alicyclic amines) is 1. The highest BCUT2D eigenvalue weighted by Crippen LogP contribution is 2.22. The third-order valence-electron chi connectivity index (χ3n) is 4.62. The summed E-state index contributed by atoms with van der Waals surface area (Å²) in [5, 5.41) is 9.09. The van der Waals surface area contributed by atoms with Gasteiger partial charge in [-0.1, -0.05) is 12.1 Å². The number of H-pyrrole nitrogens is 1. The second-order valence-corrected chi connectivity index (χ2v) is 6.49. The number of hydrogen-bond donors (Lipinski definition) is 2. The minimum Gasteiger partial charge on any atom is -0.491 e. The first-order valence-corrected chi connectivity index (χ1v) is 8.35. The number of hydrogen-bond acceptors (Lipinski definition) is 4. The Balaban J connectivity index is 1.58. The second-order valence-electron chi connectivity index (χ2n) is 6.49. The summed E-state index contributed by atoms with van der Waals surface area (Å²) in [6.45, 7) is 2.60. The molecule has 3 rings (SSSR count). The summed E-state index contributed by atoms with van der Waals surface area (Å²) < 4.78 is 4.98. The zero-order valence-corrected chi connectivity index (χ0v) is 14.2. The van der Waals surface area contributed by atoms with Crippen LogP contribution in [0.4, 0.5) is 0 Å². The highest BCUT2D eigenvalue weighted by Gasteiger charge is 2.23. The van der Waals surface area contributed by atoms with Crippen LogP contribution in [0.15, 0.2) is 41.3 Å². The largest absolute Gasteiger partial charge is 0.491 e. The Morgan fingerprint density at radius 2 is 2.24 bits per heavy atom. The number of carboxylic acids is 1. The number of benzene rings is 1. The van der Waals surface area contributed by atoms with Crippen LogP contribution in [-0.4, -0.2) is 41.2 Å². The zero-order chi connectivity index (χ0) is 17.8. The van der Waals surface area contributed by atoms with E-state index in [1.54, 1.807) is 30.5 Å². The van der Waals surface area contributed by atoms with E-state index >= 15 is 0 Å². The van der Waals surface area contributed by atoms with Crippen molar-refractivity contribution >= 4 is 5.97 Å². The molecule has 0 radical (unpaired) electrons. The van der Waals surface area contributed by atoms with E-state index in [0.29, 0.717) is 23.8 Å². The third-order valence-corrected chi connectivity index (χ3v) is 4.62. The van der Waals surface area contributed by atoms with E-state index in [9.17, 15) is 9.59 Å². The van der Waals surface area contributed by atoms with Gasteiger partial charge < -0.3 is 14.8 Å². The van der Waals surface area contributed by atoms with Gasteiger partial charge in [0.2, 0.25) is 5.43 Å². The molecule has 6 heteroatoms. The van der Waals surface area contributed by atoms with E-state index in [2.05, 4.69) is 9.88 Å². The summed E-state index contributed by atoms with van der Waals surface area (Å²) in [5.74, 6) is -0.0752. The lowest BCUT2D eigenvalue weighted by Crippen LogP contribution is -2.22. The lowest BCUT2D eigenvalue weighted by molar-refractivity contribution is 0.0696. The van der Waals surface area contributed by atoms with Crippen LogP contribution in [0, 0.1) is 5.92 Å². The molecule has 1 unspecified atom stereocenters. The van der Waals surface area contributed by atoms with Gasteiger partial charge in [-0.05, 0) is 43.0 Å². The molecule has 1 atom stereocenters. The number of nitrogens with zero attached hydrogens (tertiary/aromatic N) is 1. The van der Waals surface area contributed by atoms with Crippen LogP contribution in [0.5, 0.6) is 5.75 Å². The molecular weight excluding hydrogens is 320 g/mol. The summed E-state index contributed by atoms with van der Waals surface area (Å²) in [6, 6.07) is 8.74. The van der Waals surface area contributed by atoms with Gasteiger partial charge in [-0.2, -0.15) is 0 Å². The number of rotatable bonds is 6. The normalized spacial score (nSPS) is 17.6. The molecule has 1 aromatic carbocycles. The number of aromatic nitrogens is 1. The zero-order valence-electron chi connectivity index (χ0n) is 14.2. The maximum Gasteiger partial charge on any atom is 0.335 e. The Hall–Kier alpha value is -2.60. The van der Waals surface area contributed by atoms with Gasteiger partial charge in [0.05, 0.1) is 12.7 Å². The summed E-state index contributed by atoms with van der Waals surface area (Å²) in [7, 11) is 1.48. The number of carbonyl (C=O) groups is 1. The van der Waals surface area contributed by atoms with Crippen molar-refractivity contribution in [2.24, 2.45) is 5.92 Å². The van der Waals surface area contributed by atoms with Gasteiger partial charge in [0, 0.05) is 31.0 Å². The predicted molar refractivity (Wildman–Crippen MR) is 94.1 cm³/mol. The van der Waals surface area contributed by atoms with E-state index in [-0.39, 0.29) is 5.43 Å². The molecule has 0 aliphatic carbocycles. The Morgan fingerprint density at radius 1 is 1.40 bits per heavy atom. The highest BCUT2D eigenvalue weighted by molar-refractivity contribution is 5.87. The van der Waals surface area contributed by atoms with Crippen LogP contribution in [0.25, 0.3) is 0 Å². The molecule has 1 aliphatic rings. The van der Waals surface area contributed by atoms with Gasteiger partial charge in [0.25, 0.3) is 0 Å². The van der Waals surface area contributed by atoms with Gasteiger partial charge in [-0.25, -0.2) is 4.79 Å². The second kappa shape index (κ2) is 7.53. The van der Waals surface area contributed by atoms with Gasteiger partial charge in [-0.3, -0.25) is 9.69 Å². The molecule has 0 saturated carbocycles. The predicted octanol–water partition coefficient (Wildman–Crippen LogP) is 2.15. The minimum absolute atomic E-state index is 0.113. The van der Waals surface area contributed by atoms with Crippen molar-refractivity contribution in [1.82, 2.24) is 9.88 Å². The van der Waals surface area contributed by atoms with E-state index in [4.69, 9.17) is 9.84 Å². The van der Waals surface area contributed by atoms with Crippen LogP contribution in [0.2, 0.25) is 0 Å². The lowest BCUT2D eigenvalue weighted by atomic mass is 9.97. The number of aromatic carboxylic acids is 1. The first-order chi connectivity index (χ1) is 12.0. The molecule has 1 aromatic heterocycles. The van der Waals surface area contributed by atoms with Crippen molar-refractivity contribution in [3.8, 4) is 5.75 Å². The number of carboxylic acid groups (broad SMARTS) is 1. The first-order valence-electron chi connectivity index (χ1n) is 8.35. The van der Waals surface area contributed by atoms with Gasteiger partial charge in [0.1, 0.15) is 0 Å². The SMILES string of the molecule is COc1c[nH]c(CN2CCC(Cc3cccc(C(=O)O)c3)C2)cc1=O. The van der Waals surface area contributed by atoms with Crippen LogP contribution in [0.3, 0.4) is 0 Å². The van der Waals surface area contributed by atoms with E-state index in [0.717, 1.165) is 37.2 Å². The molecule has 1 saturated heterocycles. The van der Waals surface area contributed by atoms with E-state index < -0.39 is 5.97 Å². The maximum atomic E-state index is 11.8. The number of ether oxygens (including phenoxy) is 1. The fourth-order valence-corrected chi connectivity index (χ4v) is 3.38. The van der Waals surface area contributed by atoms with Crippen molar-refractivity contribution in [1.29, 1.82) is 0 Å². The van der Waals surface area contributed by atoms with Crippen molar-refractivity contribution in [3.63, 3.8) is 0 Å². The Bertz CT molecular complexity index is 815. The number of pyridine rings is 1. The van der Waals surface area contributed by atoms with Gasteiger partial charge in [-0.15, -0.1) is 0 Å². The monoisotopic (exact) mass is 342 g/mol. The Morgan fingerprint density at radius 3 is 2.96 bits per heavy atom. The topological polar surface area (TPSA) is 82.6 Å². The summed E-state index contributed by atoms with van der Waals surface area (Å²) >= 11 is 0. The fourth-order valence-electron chi connectivity index (χ4n) is 3.38. The third kappa shape index (κ3) is 4.28. The van der Waals surface area contributed by atoms with Crippen molar-refractivity contribution in [3.05, 3.63) is 63.6 Å². The summed E-state index contributed by atoms with van der Waals surface area (Å²) in [6.07, 6.45) is 3.54. The molecule has 6 nitrogen and oxygen atoms in total. The molecular formula is C19H22N2O4. The van der Waals surface area contributed by atoms with E-state index in [1.807, 2.05) is 6.07 Å². The maximum absolute atomic E-state index is 11.8. The molecule has 1 aliphatic heterocycles. The molecule has 0 bridgehead atoms. The van der Waals surface area contributed by atoms with Crippen LogP contribution >= 0.6 is 0 Å². The quantitative estimate of drug-likeness (QED) is 0.840. The minimum atomic E-state index is -0.890. The first kappa shape index (κ1) is 17.2. The van der Waals surface area contributed by atoms with Gasteiger partial charge >= 0.3 is 5.97 Å². The number of methoxy groups -OCH3 is 1. The van der Waals surface area contributed by atoms with E-state index in [1.165, 1.54) is 7.11 Å². The van der Waals surface area contributed by atoms with Gasteiger partial charge in [0.15, 0.2) is 5.75 Å². The standard InChI is InChI=1S/C19H22N2O4/c1-25-18-10-20-16(9-17(18)22)12-21-6-5-14(11-21)7-13-3-2-4-15(8-13)19(23)24/h2-4,8-10,14H,5-7,11-12H2,1H3,(H,20,22)(H,23,24). The molecule has 132 valence electrons. The molecule has 1 fully saturated rings. The summed E-state index contributed by atoms with van der Waals surface area (Å²) in [5.41, 5.74) is 2.16.